The van der Waals surface area contributed by atoms with Crippen molar-refractivity contribution in [2.75, 3.05) is 6.61 Å². The molecule has 4 heteroatoms. The molecule has 0 amide bonds. The van der Waals surface area contributed by atoms with Gasteiger partial charge in [0, 0.05) is 37.0 Å². The van der Waals surface area contributed by atoms with Crippen LogP contribution in [0, 0.1) is 13.8 Å². The molecule has 4 nitrogen and oxygen atoms in total. The molecule has 1 rings (SSSR count). The average Bonchev–Trinajstić information content (AvgIpc) is 2.62. The van der Waals surface area contributed by atoms with Gasteiger partial charge in [0.25, 0.3) is 0 Å². The summed E-state index contributed by atoms with van der Waals surface area (Å²) in [6.07, 6.45) is 4.33. The van der Waals surface area contributed by atoms with Gasteiger partial charge < -0.3 is 10.4 Å². The Morgan fingerprint density at radius 2 is 1.84 bits per heavy atom. The van der Waals surface area contributed by atoms with Gasteiger partial charge in [-0.2, -0.15) is 5.10 Å². The van der Waals surface area contributed by atoms with E-state index >= 15 is 0 Å². The largest absolute Gasteiger partial charge is 0.396 e. The van der Waals surface area contributed by atoms with E-state index in [0.29, 0.717) is 12.6 Å². The minimum absolute atomic E-state index is 0.310. The monoisotopic (exact) mass is 267 g/mol. The zero-order valence-electron chi connectivity index (χ0n) is 12.9. The molecule has 0 saturated carbocycles. The van der Waals surface area contributed by atoms with Crippen LogP contribution in [0.5, 0.6) is 0 Å². The molecule has 0 aromatic carbocycles. The summed E-state index contributed by atoms with van der Waals surface area (Å²) >= 11 is 0. The van der Waals surface area contributed by atoms with Gasteiger partial charge in [-0.3, -0.25) is 4.68 Å². The van der Waals surface area contributed by atoms with Gasteiger partial charge in [0.2, 0.25) is 0 Å². The number of hydrogen-bond donors (Lipinski definition) is 2. The van der Waals surface area contributed by atoms with Gasteiger partial charge in [0.05, 0.1) is 5.69 Å². The molecule has 0 aliphatic heterocycles. The lowest BCUT2D eigenvalue weighted by Gasteiger charge is -2.09. The van der Waals surface area contributed by atoms with Crippen molar-refractivity contribution >= 4 is 0 Å². The molecule has 0 atom stereocenters. The highest BCUT2D eigenvalue weighted by molar-refractivity contribution is 5.24. The van der Waals surface area contributed by atoms with Crippen LogP contribution >= 0.6 is 0 Å². The Hall–Kier alpha value is -0.870. The number of nitrogens with one attached hydrogen (secondary N) is 1. The third kappa shape index (κ3) is 5.33. The fourth-order valence-corrected chi connectivity index (χ4v) is 2.24. The van der Waals surface area contributed by atoms with Crippen molar-refractivity contribution in [3.63, 3.8) is 0 Å². The van der Waals surface area contributed by atoms with Crippen molar-refractivity contribution in [3.05, 3.63) is 17.0 Å². The first kappa shape index (κ1) is 16.2. The van der Waals surface area contributed by atoms with Crippen LogP contribution in [0.2, 0.25) is 0 Å². The Labute approximate surface area is 117 Å². The van der Waals surface area contributed by atoms with E-state index in [1.54, 1.807) is 0 Å². The number of rotatable bonds is 9. The predicted molar refractivity (Wildman–Crippen MR) is 79.2 cm³/mol. The van der Waals surface area contributed by atoms with Gasteiger partial charge in [-0.25, -0.2) is 0 Å². The van der Waals surface area contributed by atoms with E-state index in [2.05, 4.69) is 42.8 Å². The molecular weight excluding hydrogens is 238 g/mol. The molecule has 0 fully saturated rings. The summed E-state index contributed by atoms with van der Waals surface area (Å²) in [5.41, 5.74) is 3.76. The number of aliphatic hydroxyl groups is 1. The molecule has 0 radical (unpaired) electrons. The van der Waals surface area contributed by atoms with Gasteiger partial charge in [-0.05, 0) is 26.7 Å². The molecule has 0 aliphatic carbocycles. The molecule has 0 bridgehead atoms. The zero-order chi connectivity index (χ0) is 14.3. The van der Waals surface area contributed by atoms with Crippen LogP contribution < -0.4 is 5.32 Å². The van der Waals surface area contributed by atoms with Crippen molar-refractivity contribution in [1.82, 2.24) is 15.1 Å². The van der Waals surface area contributed by atoms with Crippen LogP contribution in [0.3, 0.4) is 0 Å². The number of unbranched alkanes of at least 4 members (excludes halogenated alkanes) is 3. The number of aryl methyl sites for hydroxylation is 2. The molecule has 0 aliphatic rings. The highest BCUT2D eigenvalue weighted by Gasteiger charge is 2.11. The molecule has 0 spiro atoms. The minimum Gasteiger partial charge on any atom is -0.396 e. The summed E-state index contributed by atoms with van der Waals surface area (Å²) in [5.74, 6) is 0. The normalized spacial score (nSPS) is 11.5. The minimum atomic E-state index is 0.310. The highest BCUT2D eigenvalue weighted by Crippen LogP contribution is 2.14. The molecule has 1 heterocycles. The first-order valence-corrected chi connectivity index (χ1v) is 7.43. The fraction of sp³-hybridized carbons (Fsp3) is 0.800. The quantitative estimate of drug-likeness (QED) is 0.676. The highest BCUT2D eigenvalue weighted by atomic mass is 16.2. The second kappa shape index (κ2) is 8.33. The molecule has 0 unspecified atom stereocenters. The maximum atomic E-state index is 8.75. The summed E-state index contributed by atoms with van der Waals surface area (Å²) in [6, 6.07) is 0.501. The van der Waals surface area contributed by atoms with Crippen molar-refractivity contribution in [2.45, 2.75) is 72.5 Å². The Morgan fingerprint density at radius 3 is 2.47 bits per heavy atom. The lowest BCUT2D eigenvalue weighted by Crippen LogP contribution is -2.22. The van der Waals surface area contributed by atoms with Crippen molar-refractivity contribution in [3.8, 4) is 0 Å². The number of aromatic nitrogens is 2. The number of nitrogens with zero attached hydrogens (tertiary/aromatic N) is 2. The van der Waals surface area contributed by atoms with Crippen LogP contribution in [-0.4, -0.2) is 27.5 Å². The third-order valence-electron chi connectivity index (χ3n) is 3.50. The van der Waals surface area contributed by atoms with Crippen LogP contribution in [0.25, 0.3) is 0 Å². The van der Waals surface area contributed by atoms with Gasteiger partial charge in [-0.1, -0.05) is 26.7 Å². The van der Waals surface area contributed by atoms with Crippen LogP contribution in [0.1, 0.15) is 56.5 Å². The summed E-state index contributed by atoms with van der Waals surface area (Å²) in [6.45, 7) is 10.8. The second-order valence-corrected chi connectivity index (χ2v) is 5.55. The molecule has 1 aromatic rings. The van der Waals surface area contributed by atoms with Crippen molar-refractivity contribution in [1.29, 1.82) is 0 Å². The summed E-state index contributed by atoms with van der Waals surface area (Å²) in [7, 11) is 0. The van der Waals surface area contributed by atoms with E-state index in [4.69, 9.17) is 5.11 Å². The maximum absolute atomic E-state index is 8.75. The predicted octanol–water partition coefficient (Wildman–Crippen LogP) is 2.55. The molecule has 1 aromatic heterocycles. The van der Waals surface area contributed by atoms with Gasteiger partial charge >= 0.3 is 0 Å². The van der Waals surface area contributed by atoms with E-state index in [0.717, 1.165) is 38.0 Å². The van der Waals surface area contributed by atoms with Gasteiger partial charge in [-0.15, -0.1) is 0 Å². The van der Waals surface area contributed by atoms with Gasteiger partial charge in [0.15, 0.2) is 0 Å². The van der Waals surface area contributed by atoms with Gasteiger partial charge in [0.1, 0.15) is 0 Å². The Kier molecular flexibility index (Phi) is 7.10. The molecular formula is C15H29N3O. The Balaban J connectivity index is 2.48. The average molecular weight is 267 g/mol. The van der Waals surface area contributed by atoms with Crippen molar-refractivity contribution in [2.24, 2.45) is 0 Å². The zero-order valence-corrected chi connectivity index (χ0v) is 12.9. The van der Waals surface area contributed by atoms with E-state index in [1.807, 2.05) is 0 Å². The standard InChI is InChI=1S/C15H29N3O/c1-12(2)16-11-15-13(3)17-18(14(15)4)9-7-5-6-8-10-19/h12,16,19H,5-11H2,1-4H3. The smallest absolute Gasteiger partial charge is 0.0641 e. The molecule has 2 N–H and O–H groups in total. The maximum Gasteiger partial charge on any atom is 0.0641 e. The topological polar surface area (TPSA) is 50.1 Å². The third-order valence-corrected chi connectivity index (χ3v) is 3.50. The SMILES string of the molecule is Cc1nn(CCCCCCO)c(C)c1CNC(C)C. The first-order valence-electron chi connectivity index (χ1n) is 7.43. The van der Waals surface area contributed by atoms with Crippen molar-refractivity contribution < 1.29 is 5.11 Å². The van der Waals surface area contributed by atoms with E-state index in [9.17, 15) is 0 Å². The van der Waals surface area contributed by atoms with E-state index < -0.39 is 0 Å². The Morgan fingerprint density at radius 1 is 1.16 bits per heavy atom. The summed E-state index contributed by atoms with van der Waals surface area (Å²) in [4.78, 5) is 0. The lowest BCUT2D eigenvalue weighted by atomic mass is 10.2. The lowest BCUT2D eigenvalue weighted by molar-refractivity contribution is 0.282. The van der Waals surface area contributed by atoms with E-state index in [1.165, 1.54) is 17.7 Å². The number of hydrogen-bond acceptors (Lipinski definition) is 3. The molecule has 0 saturated heterocycles. The first-order chi connectivity index (χ1) is 9.06. The number of aliphatic hydroxyl groups excluding tert-OH is 1. The summed E-state index contributed by atoms with van der Waals surface area (Å²) in [5, 5.41) is 16.8. The van der Waals surface area contributed by atoms with Crippen LogP contribution in [0.15, 0.2) is 0 Å². The summed E-state index contributed by atoms with van der Waals surface area (Å²) < 4.78 is 2.13. The fourth-order valence-electron chi connectivity index (χ4n) is 2.24. The van der Waals surface area contributed by atoms with E-state index in [-0.39, 0.29) is 0 Å². The van der Waals surface area contributed by atoms with Crippen LogP contribution in [-0.2, 0) is 13.1 Å². The molecule has 19 heavy (non-hydrogen) atoms. The Bertz CT molecular complexity index is 372. The molecule has 110 valence electrons. The van der Waals surface area contributed by atoms with Crippen LogP contribution in [0.4, 0.5) is 0 Å². The second-order valence-electron chi connectivity index (χ2n) is 5.55.